The molecule has 3 nitrogen and oxygen atoms in total. The number of carbonyl (C=O) groups excluding carboxylic acids is 1. The molecule has 2 rings (SSSR count). The number of esters is 1. The van der Waals surface area contributed by atoms with E-state index in [9.17, 15) is 4.79 Å². The molecule has 3 heteroatoms. The lowest BCUT2D eigenvalue weighted by molar-refractivity contribution is -0.137. The summed E-state index contributed by atoms with van der Waals surface area (Å²) < 4.78 is 5.00. The first-order valence-electron chi connectivity index (χ1n) is 8.06. The number of allylic oxidation sites excluding steroid dienone is 1. The van der Waals surface area contributed by atoms with E-state index in [2.05, 4.69) is 44.0 Å². The van der Waals surface area contributed by atoms with E-state index in [1.807, 2.05) is 13.8 Å². The van der Waals surface area contributed by atoms with Crippen LogP contribution in [0.15, 0.2) is 24.3 Å². The first kappa shape index (κ1) is 16.6. The fourth-order valence-electron chi connectivity index (χ4n) is 3.11. The maximum absolute atomic E-state index is 11.6. The largest absolute Gasteiger partial charge is 0.463 e. The van der Waals surface area contributed by atoms with Gasteiger partial charge in [-0.2, -0.15) is 0 Å². The van der Waals surface area contributed by atoms with Gasteiger partial charge in [0.2, 0.25) is 0 Å². The van der Waals surface area contributed by atoms with Crippen molar-refractivity contribution >= 4 is 17.2 Å². The highest BCUT2D eigenvalue weighted by Gasteiger charge is 2.28. The predicted molar refractivity (Wildman–Crippen MR) is 92.3 cm³/mol. The van der Waals surface area contributed by atoms with Crippen LogP contribution in [0.4, 0.5) is 5.69 Å². The van der Waals surface area contributed by atoms with Gasteiger partial charge >= 0.3 is 5.97 Å². The number of ether oxygens (including phenoxy) is 1. The van der Waals surface area contributed by atoms with E-state index in [0.717, 1.165) is 17.7 Å². The second-order valence-electron chi connectivity index (χ2n) is 6.72. The number of nitrogens with zero attached hydrogens (tertiary/aromatic N) is 1. The third-order valence-corrected chi connectivity index (χ3v) is 4.51. The second-order valence-corrected chi connectivity index (χ2v) is 6.72. The fourth-order valence-corrected chi connectivity index (χ4v) is 3.11. The molecule has 1 aromatic carbocycles. The molecule has 0 radical (unpaired) electrons. The van der Waals surface area contributed by atoms with Crippen LogP contribution in [0.5, 0.6) is 0 Å². The van der Waals surface area contributed by atoms with E-state index in [0.29, 0.717) is 6.61 Å². The Balaban J connectivity index is 2.41. The highest BCUT2D eigenvalue weighted by atomic mass is 16.5. The lowest BCUT2D eigenvalue weighted by Crippen LogP contribution is -2.19. The van der Waals surface area contributed by atoms with Crippen LogP contribution in [0.1, 0.15) is 51.7 Å². The topological polar surface area (TPSA) is 29.5 Å². The van der Waals surface area contributed by atoms with Gasteiger partial charge in [-0.15, -0.1) is 0 Å². The van der Waals surface area contributed by atoms with Crippen molar-refractivity contribution in [1.29, 1.82) is 0 Å². The lowest BCUT2D eigenvalue weighted by atomic mass is 9.79. The van der Waals surface area contributed by atoms with Gasteiger partial charge in [0.15, 0.2) is 0 Å². The Hall–Kier alpha value is -1.77. The first-order valence-corrected chi connectivity index (χ1v) is 8.06. The summed E-state index contributed by atoms with van der Waals surface area (Å²) >= 11 is 0. The molecule has 0 amide bonds. The Morgan fingerprint density at radius 2 is 2.14 bits per heavy atom. The van der Waals surface area contributed by atoms with Crippen LogP contribution in [0.3, 0.4) is 0 Å². The normalized spacial score (nSPS) is 17.7. The first-order chi connectivity index (χ1) is 10.3. The van der Waals surface area contributed by atoms with Gasteiger partial charge < -0.3 is 9.64 Å². The van der Waals surface area contributed by atoms with E-state index in [4.69, 9.17) is 4.74 Å². The molecule has 1 aliphatic rings. The molecule has 0 unspecified atom stereocenters. The summed E-state index contributed by atoms with van der Waals surface area (Å²) in [4.78, 5) is 14.0. The van der Waals surface area contributed by atoms with Gasteiger partial charge in [-0.1, -0.05) is 19.9 Å². The summed E-state index contributed by atoms with van der Waals surface area (Å²) in [6, 6.07) is 6.52. The van der Waals surface area contributed by atoms with Crippen LogP contribution in [0.25, 0.3) is 5.57 Å². The second kappa shape index (κ2) is 6.55. The van der Waals surface area contributed by atoms with Gasteiger partial charge in [-0.05, 0) is 60.9 Å². The molecule has 0 aliphatic carbocycles. The van der Waals surface area contributed by atoms with Crippen molar-refractivity contribution in [1.82, 2.24) is 0 Å². The van der Waals surface area contributed by atoms with E-state index < -0.39 is 0 Å². The number of anilines is 1. The Morgan fingerprint density at radius 3 is 2.82 bits per heavy atom. The number of fused-ring (bicyclic) bond motifs is 1. The summed E-state index contributed by atoms with van der Waals surface area (Å²) in [6.45, 7) is 9.89. The van der Waals surface area contributed by atoms with Gasteiger partial charge in [0.1, 0.15) is 0 Å². The summed E-state index contributed by atoms with van der Waals surface area (Å²) in [7, 11) is 2.15. The monoisotopic (exact) mass is 301 g/mol. The number of benzene rings is 1. The molecule has 22 heavy (non-hydrogen) atoms. The number of hydrogen-bond acceptors (Lipinski definition) is 3. The van der Waals surface area contributed by atoms with Crippen molar-refractivity contribution in [2.45, 2.75) is 46.0 Å². The standard InChI is InChI=1S/C19H27NO2/c1-6-22-18(21)12-14(2)15-8-9-17-16(13-15)19(3,4)10-7-11-20(17)5/h8-9,12-13H,6-7,10-11H2,1-5H3/b14-12+. The van der Waals surface area contributed by atoms with Crippen LogP contribution < -0.4 is 4.90 Å². The Morgan fingerprint density at radius 1 is 1.41 bits per heavy atom. The molecular formula is C19H27NO2. The minimum atomic E-state index is -0.272. The molecule has 1 heterocycles. The molecule has 0 aromatic heterocycles. The van der Waals surface area contributed by atoms with Crippen molar-refractivity contribution in [2.75, 3.05) is 25.1 Å². The van der Waals surface area contributed by atoms with Crippen molar-refractivity contribution in [3.05, 3.63) is 35.4 Å². The highest BCUT2D eigenvalue weighted by Crippen LogP contribution is 2.39. The van der Waals surface area contributed by atoms with Gasteiger partial charge in [0, 0.05) is 25.4 Å². The smallest absolute Gasteiger partial charge is 0.331 e. The quantitative estimate of drug-likeness (QED) is 0.620. The van der Waals surface area contributed by atoms with Gasteiger partial charge in [0.25, 0.3) is 0 Å². The minimum Gasteiger partial charge on any atom is -0.463 e. The maximum atomic E-state index is 11.6. The zero-order valence-corrected chi connectivity index (χ0v) is 14.4. The summed E-state index contributed by atoms with van der Waals surface area (Å²) in [5, 5.41) is 0. The van der Waals surface area contributed by atoms with E-state index in [-0.39, 0.29) is 11.4 Å². The van der Waals surface area contributed by atoms with Crippen LogP contribution in [-0.4, -0.2) is 26.2 Å². The predicted octanol–water partition coefficient (Wildman–Crippen LogP) is 4.16. The average molecular weight is 301 g/mol. The Kier molecular flexibility index (Phi) is 4.94. The molecule has 0 spiro atoms. The number of carbonyl (C=O) groups is 1. The maximum Gasteiger partial charge on any atom is 0.331 e. The van der Waals surface area contributed by atoms with Crippen LogP contribution in [-0.2, 0) is 14.9 Å². The van der Waals surface area contributed by atoms with Crippen molar-refractivity contribution in [3.8, 4) is 0 Å². The molecule has 0 bridgehead atoms. The third kappa shape index (κ3) is 3.52. The Bertz CT molecular complexity index is 587. The molecule has 120 valence electrons. The number of hydrogen-bond donors (Lipinski definition) is 0. The zero-order valence-electron chi connectivity index (χ0n) is 14.4. The minimum absolute atomic E-state index is 0.153. The molecular weight excluding hydrogens is 274 g/mol. The third-order valence-electron chi connectivity index (χ3n) is 4.51. The lowest BCUT2D eigenvalue weighted by Gasteiger charge is -2.27. The van der Waals surface area contributed by atoms with Gasteiger partial charge in [-0.3, -0.25) is 0 Å². The molecule has 0 saturated carbocycles. The van der Waals surface area contributed by atoms with Crippen LogP contribution in [0.2, 0.25) is 0 Å². The Labute approximate surface area is 134 Å². The molecule has 0 N–H and O–H groups in total. The van der Waals surface area contributed by atoms with Crippen LogP contribution >= 0.6 is 0 Å². The SMILES string of the molecule is CCOC(=O)/C=C(\C)c1ccc2c(c1)C(C)(C)CCCN2C. The van der Waals surface area contributed by atoms with Crippen molar-refractivity contribution in [2.24, 2.45) is 0 Å². The summed E-state index contributed by atoms with van der Waals surface area (Å²) in [6.07, 6.45) is 3.96. The molecule has 1 aliphatic heterocycles. The highest BCUT2D eigenvalue weighted by molar-refractivity contribution is 5.91. The van der Waals surface area contributed by atoms with E-state index in [1.54, 1.807) is 6.08 Å². The van der Waals surface area contributed by atoms with Gasteiger partial charge in [0.05, 0.1) is 6.61 Å². The molecule has 1 aromatic rings. The fraction of sp³-hybridized carbons (Fsp3) is 0.526. The van der Waals surface area contributed by atoms with Crippen molar-refractivity contribution < 1.29 is 9.53 Å². The molecule has 0 fully saturated rings. The molecule has 0 atom stereocenters. The van der Waals surface area contributed by atoms with E-state index in [1.165, 1.54) is 24.1 Å². The number of rotatable bonds is 3. The van der Waals surface area contributed by atoms with Crippen LogP contribution in [0, 0.1) is 0 Å². The van der Waals surface area contributed by atoms with Gasteiger partial charge in [-0.25, -0.2) is 4.79 Å². The molecule has 0 saturated heterocycles. The average Bonchev–Trinajstić information content (AvgIpc) is 2.56. The summed E-state index contributed by atoms with van der Waals surface area (Å²) in [5.74, 6) is -0.272. The van der Waals surface area contributed by atoms with Crippen molar-refractivity contribution in [3.63, 3.8) is 0 Å². The zero-order chi connectivity index (χ0) is 16.3. The van der Waals surface area contributed by atoms with E-state index >= 15 is 0 Å². The summed E-state index contributed by atoms with van der Waals surface area (Å²) in [5.41, 5.74) is 4.86.